The van der Waals surface area contributed by atoms with E-state index in [2.05, 4.69) is 21.7 Å². The molecule has 0 fully saturated rings. The molecule has 1 amide bonds. The van der Waals surface area contributed by atoms with Crippen molar-refractivity contribution in [3.63, 3.8) is 0 Å². The van der Waals surface area contributed by atoms with Gasteiger partial charge < -0.3 is 10.5 Å². The van der Waals surface area contributed by atoms with E-state index >= 15 is 0 Å². The van der Waals surface area contributed by atoms with Gasteiger partial charge in [0, 0.05) is 11.5 Å². The van der Waals surface area contributed by atoms with E-state index in [0.29, 0.717) is 17.6 Å². The lowest BCUT2D eigenvalue weighted by Gasteiger charge is -2.08. The Morgan fingerprint density at radius 1 is 1.43 bits per heavy atom. The topological polar surface area (TPSA) is 125 Å². The van der Waals surface area contributed by atoms with Gasteiger partial charge in [-0.25, -0.2) is 9.48 Å². The van der Waals surface area contributed by atoms with Crippen LogP contribution in [0, 0.1) is 10.1 Å². The van der Waals surface area contributed by atoms with Crippen LogP contribution in [0.2, 0.25) is 0 Å². The molecule has 0 radical (unpaired) electrons. The summed E-state index contributed by atoms with van der Waals surface area (Å²) in [4.78, 5) is 22.5. The lowest BCUT2D eigenvalue weighted by Crippen LogP contribution is -2.12. The molecule has 9 nitrogen and oxygen atoms in total. The zero-order chi connectivity index (χ0) is 20.3. The number of nitrogens with one attached hydrogen (secondary N) is 1. The number of methoxy groups -OCH3 is 1. The molecule has 9 heteroatoms. The number of benzene rings is 2. The quantitative estimate of drug-likeness (QED) is 0.381. The van der Waals surface area contributed by atoms with Crippen molar-refractivity contribution in [1.29, 1.82) is 0 Å². The summed E-state index contributed by atoms with van der Waals surface area (Å²) in [5.41, 5.74) is 7.81. The maximum atomic E-state index is 11.7. The van der Waals surface area contributed by atoms with Crippen LogP contribution >= 0.6 is 0 Å². The summed E-state index contributed by atoms with van der Waals surface area (Å²) in [5, 5.41) is 19.4. The molecule has 1 unspecified atom stereocenters. The zero-order valence-corrected chi connectivity index (χ0v) is 15.2. The van der Waals surface area contributed by atoms with Gasteiger partial charge in [0.2, 0.25) is 0 Å². The Morgan fingerprint density at radius 3 is 2.86 bits per heavy atom. The maximum Gasteiger partial charge on any atom is 0.411 e. The Hall–Kier alpha value is -3.72. The van der Waals surface area contributed by atoms with Crippen molar-refractivity contribution in [3.05, 3.63) is 70.9 Å². The Balaban J connectivity index is 2.17. The number of carbonyl (C=O) groups excluding carboxylic acids is 1. The van der Waals surface area contributed by atoms with Crippen molar-refractivity contribution in [1.82, 2.24) is 9.78 Å². The second-order valence-electron chi connectivity index (χ2n) is 6.02. The second kappa shape index (κ2) is 7.89. The Labute approximate surface area is 160 Å². The molecule has 3 aromatic rings. The van der Waals surface area contributed by atoms with Crippen LogP contribution in [-0.4, -0.2) is 27.9 Å². The number of anilines is 1. The average molecular weight is 381 g/mol. The summed E-state index contributed by atoms with van der Waals surface area (Å²) in [7, 11) is 1.21. The number of nitrogens with zero attached hydrogens (tertiary/aromatic N) is 3. The molecular weight excluding hydrogens is 362 g/mol. The molecule has 28 heavy (non-hydrogen) atoms. The molecular formula is C19H19N5O4. The van der Waals surface area contributed by atoms with Gasteiger partial charge in [-0.15, -0.1) is 6.58 Å². The first-order valence-corrected chi connectivity index (χ1v) is 8.44. The first-order chi connectivity index (χ1) is 13.5. The third kappa shape index (κ3) is 3.55. The van der Waals surface area contributed by atoms with Gasteiger partial charge in [-0.1, -0.05) is 24.3 Å². The van der Waals surface area contributed by atoms with Gasteiger partial charge in [-0.05, 0) is 24.6 Å². The number of nitro groups is 1. The Morgan fingerprint density at radius 2 is 2.18 bits per heavy atom. The van der Waals surface area contributed by atoms with Gasteiger partial charge in [0.15, 0.2) is 0 Å². The monoisotopic (exact) mass is 381 g/mol. The van der Waals surface area contributed by atoms with Crippen LogP contribution in [0.1, 0.15) is 18.2 Å². The maximum absolute atomic E-state index is 11.7. The van der Waals surface area contributed by atoms with Crippen LogP contribution in [0.15, 0.2) is 55.1 Å². The van der Waals surface area contributed by atoms with Crippen LogP contribution in [0.25, 0.3) is 16.6 Å². The molecule has 0 aliphatic carbocycles. The van der Waals surface area contributed by atoms with E-state index in [1.54, 1.807) is 12.1 Å². The lowest BCUT2D eigenvalue weighted by molar-refractivity contribution is -0.384. The molecule has 3 rings (SSSR count). The molecule has 0 aliphatic rings. The molecule has 0 saturated heterocycles. The van der Waals surface area contributed by atoms with E-state index in [0.717, 1.165) is 5.39 Å². The third-order valence-electron chi connectivity index (χ3n) is 4.22. The van der Waals surface area contributed by atoms with Gasteiger partial charge in [-0.2, -0.15) is 5.10 Å². The second-order valence-corrected chi connectivity index (χ2v) is 6.02. The van der Waals surface area contributed by atoms with Crippen molar-refractivity contribution in [2.24, 2.45) is 5.73 Å². The number of fused-ring (bicyclic) bond motifs is 1. The van der Waals surface area contributed by atoms with E-state index in [4.69, 9.17) is 5.73 Å². The number of nitro benzene ring substituents is 1. The molecule has 1 aromatic heterocycles. The molecule has 2 aromatic carbocycles. The van der Waals surface area contributed by atoms with Crippen molar-refractivity contribution < 1.29 is 14.5 Å². The minimum atomic E-state index is -0.718. The number of ether oxygens (including phenoxy) is 1. The van der Waals surface area contributed by atoms with Crippen LogP contribution in [0.4, 0.5) is 16.2 Å². The third-order valence-corrected chi connectivity index (χ3v) is 4.22. The number of amides is 1. The smallest absolute Gasteiger partial charge is 0.411 e. The van der Waals surface area contributed by atoms with Gasteiger partial charge in [0.05, 0.1) is 35.0 Å². The van der Waals surface area contributed by atoms with Gasteiger partial charge in [0.25, 0.3) is 5.69 Å². The van der Waals surface area contributed by atoms with Crippen LogP contribution in [-0.2, 0) is 4.74 Å². The number of rotatable bonds is 6. The first-order valence-electron chi connectivity index (χ1n) is 8.44. The minimum absolute atomic E-state index is 0.217. The highest BCUT2D eigenvalue weighted by Crippen LogP contribution is 2.32. The van der Waals surface area contributed by atoms with Crippen molar-refractivity contribution in [2.45, 2.75) is 12.5 Å². The lowest BCUT2D eigenvalue weighted by atomic mass is 10.1. The number of para-hydroxylation sites is 1. The van der Waals surface area contributed by atoms with E-state index in [1.165, 1.54) is 23.9 Å². The molecule has 144 valence electrons. The van der Waals surface area contributed by atoms with Crippen molar-refractivity contribution >= 4 is 28.4 Å². The number of hydrogen-bond donors (Lipinski definition) is 2. The number of nitrogens with two attached hydrogens (primary N) is 1. The predicted octanol–water partition coefficient (Wildman–Crippen LogP) is 3.69. The highest BCUT2D eigenvalue weighted by atomic mass is 16.6. The molecule has 3 N–H and O–H groups in total. The summed E-state index contributed by atoms with van der Waals surface area (Å²) in [6.07, 6.45) is 1.50. The molecule has 0 saturated carbocycles. The zero-order valence-electron chi connectivity index (χ0n) is 15.2. The highest BCUT2D eigenvalue weighted by Gasteiger charge is 2.22. The van der Waals surface area contributed by atoms with E-state index < -0.39 is 11.0 Å². The summed E-state index contributed by atoms with van der Waals surface area (Å²) in [5.74, 6) is 0. The van der Waals surface area contributed by atoms with Crippen molar-refractivity contribution in [3.8, 4) is 5.69 Å². The summed E-state index contributed by atoms with van der Waals surface area (Å²) < 4.78 is 6.01. The summed E-state index contributed by atoms with van der Waals surface area (Å²) >= 11 is 0. The van der Waals surface area contributed by atoms with Gasteiger partial charge in [-0.3, -0.25) is 15.4 Å². The van der Waals surface area contributed by atoms with Crippen LogP contribution < -0.4 is 11.1 Å². The molecule has 0 spiro atoms. The fraction of sp³-hybridized carbons (Fsp3) is 0.158. The number of aromatic nitrogens is 2. The van der Waals surface area contributed by atoms with Crippen LogP contribution in [0.5, 0.6) is 0 Å². The largest absolute Gasteiger partial charge is 0.453 e. The fourth-order valence-electron chi connectivity index (χ4n) is 2.93. The Kier molecular flexibility index (Phi) is 5.37. The van der Waals surface area contributed by atoms with Crippen LogP contribution in [0.3, 0.4) is 0 Å². The average Bonchev–Trinajstić information content (AvgIpc) is 3.07. The Bertz CT molecular complexity index is 1060. The fourth-order valence-corrected chi connectivity index (χ4v) is 2.93. The SMILES string of the molecule is C=CCC(N)c1nn(-c2ccc(NC(=O)OC)cc2[N+](=O)[O-])c2ccccc12. The molecule has 1 atom stereocenters. The number of carbonyl (C=O) groups is 1. The number of hydrogen-bond acceptors (Lipinski definition) is 6. The van der Waals surface area contributed by atoms with E-state index in [-0.39, 0.29) is 23.1 Å². The molecule has 1 heterocycles. The summed E-state index contributed by atoms with van der Waals surface area (Å²) in [6.45, 7) is 3.70. The summed E-state index contributed by atoms with van der Waals surface area (Å²) in [6, 6.07) is 11.3. The first kappa shape index (κ1) is 19.1. The molecule has 0 aliphatic heterocycles. The normalized spacial score (nSPS) is 11.8. The van der Waals surface area contributed by atoms with Gasteiger partial charge in [0.1, 0.15) is 5.69 Å². The van der Waals surface area contributed by atoms with E-state index in [9.17, 15) is 14.9 Å². The predicted molar refractivity (Wildman–Crippen MR) is 105 cm³/mol. The highest BCUT2D eigenvalue weighted by molar-refractivity contribution is 5.87. The van der Waals surface area contributed by atoms with Crippen molar-refractivity contribution in [2.75, 3.05) is 12.4 Å². The minimum Gasteiger partial charge on any atom is -0.453 e. The van der Waals surface area contributed by atoms with Gasteiger partial charge >= 0.3 is 6.09 Å². The standard InChI is InChI=1S/C19H19N5O4/c1-3-6-14(20)18-13-7-4-5-8-15(13)23(22-18)16-10-9-12(21-19(25)28-2)11-17(16)24(26)27/h3-5,7-11,14H,1,6,20H2,2H3,(H,21,25). The molecule has 0 bridgehead atoms. The van der Waals surface area contributed by atoms with E-state index in [1.807, 2.05) is 24.3 Å².